The quantitative estimate of drug-likeness (QED) is 0.571. The van der Waals surface area contributed by atoms with E-state index >= 15 is 0 Å². The Kier molecular flexibility index (Phi) is 6.48. The number of carbonyl (C=O) groups excluding carboxylic acids is 1. The molecular weight excluding hydrogens is 420 g/mol. The number of hydrogen-bond acceptors (Lipinski definition) is 9. The molecule has 0 amide bonds. The summed E-state index contributed by atoms with van der Waals surface area (Å²) in [6.07, 6.45) is 1.51. The number of benzene rings is 2. The van der Waals surface area contributed by atoms with Crippen LogP contribution in [0.25, 0.3) is 0 Å². The first kappa shape index (κ1) is 22.2. The molecule has 33 heavy (non-hydrogen) atoms. The minimum atomic E-state index is -0.417. The second-order valence-electron chi connectivity index (χ2n) is 7.67. The molecule has 2 heterocycles. The second kappa shape index (κ2) is 9.64. The molecule has 1 aliphatic heterocycles. The van der Waals surface area contributed by atoms with E-state index in [0.29, 0.717) is 28.6 Å². The van der Waals surface area contributed by atoms with Crippen LogP contribution in [0.1, 0.15) is 10.4 Å². The third-order valence-corrected chi connectivity index (χ3v) is 5.85. The largest absolute Gasteiger partial charge is 0.497 e. The highest BCUT2D eigenvalue weighted by Gasteiger charge is 2.24. The number of nitrogens with zero attached hydrogens (tertiary/aromatic N) is 5. The molecule has 9 nitrogen and oxygen atoms in total. The Morgan fingerprint density at radius 3 is 2.30 bits per heavy atom. The summed E-state index contributed by atoms with van der Waals surface area (Å²) >= 11 is 0. The number of piperazine rings is 1. The van der Waals surface area contributed by atoms with Crippen LogP contribution in [0, 0.1) is 0 Å². The van der Waals surface area contributed by atoms with Crippen molar-refractivity contribution in [1.82, 2.24) is 9.97 Å². The molecule has 2 aromatic carbocycles. The maximum atomic E-state index is 12.2. The van der Waals surface area contributed by atoms with E-state index in [1.807, 2.05) is 31.3 Å². The van der Waals surface area contributed by atoms with E-state index in [2.05, 4.69) is 31.9 Å². The molecule has 0 bridgehead atoms. The number of rotatable bonds is 6. The molecule has 0 unspecified atom stereocenters. The fourth-order valence-electron chi connectivity index (χ4n) is 4.03. The number of anilines is 5. The van der Waals surface area contributed by atoms with Gasteiger partial charge in [0.05, 0.1) is 25.5 Å². The van der Waals surface area contributed by atoms with Gasteiger partial charge in [-0.15, -0.1) is 0 Å². The highest BCUT2D eigenvalue weighted by atomic mass is 16.5. The van der Waals surface area contributed by atoms with Gasteiger partial charge < -0.3 is 29.9 Å². The van der Waals surface area contributed by atoms with E-state index in [1.54, 1.807) is 24.1 Å². The van der Waals surface area contributed by atoms with Gasteiger partial charge in [0.15, 0.2) is 11.6 Å². The van der Waals surface area contributed by atoms with Gasteiger partial charge >= 0.3 is 5.97 Å². The summed E-state index contributed by atoms with van der Waals surface area (Å²) in [6.45, 7) is 3.22. The molecule has 4 rings (SSSR count). The zero-order valence-electron chi connectivity index (χ0n) is 19.1. The average molecular weight is 449 g/mol. The molecule has 1 aliphatic rings. The smallest absolute Gasteiger partial charge is 0.339 e. The van der Waals surface area contributed by atoms with Crippen LogP contribution in [0.4, 0.5) is 28.7 Å². The molecule has 0 aliphatic carbocycles. The zero-order valence-corrected chi connectivity index (χ0v) is 19.1. The van der Waals surface area contributed by atoms with Crippen molar-refractivity contribution in [3.8, 4) is 5.75 Å². The number of esters is 1. The third-order valence-electron chi connectivity index (χ3n) is 5.85. The van der Waals surface area contributed by atoms with Crippen LogP contribution >= 0.6 is 0 Å². The van der Waals surface area contributed by atoms with Gasteiger partial charge in [-0.25, -0.2) is 14.8 Å². The van der Waals surface area contributed by atoms with E-state index in [1.165, 1.54) is 13.4 Å². The van der Waals surface area contributed by atoms with E-state index in [9.17, 15) is 4.79 Å². The van der Waals surface area contributed by atoms with E-state index < -0.39 is 5.97 Å². The molecular formula is C24H28N6O3. The Morgan fingerprint density at radius 2 is 1.64 bits per heavy atom. The lowest BCUT2D eigenvalue weighted by molar-refractivity contribution is 0.0601. The van der Waals surface area contributed by atoms with Crippen molar-refractivity contribution in [1.29, 1.82) is 0 Å². The van der Waals surface area contributed by atoms with Crippen molar-refractivity contribution in [2.45, 2.75) is 0 Å². The first-order valence-corrected chi connectivity index (χ1v) is 10.7. The maximum Gasteiger partial charge on any atom is 0.339 e. The van der Waals surface area contributed by atoms with Gasteiger partial charge in [0.1, 0.15) is 17.8 Å². The predicted octanol–water partition coefficient (Wildman–Crippen LogP) is 2.95. The summed E-state index contributed by atoms with van der Waals surface area (Å²) in [5.41, 5.74) is 9.26. The summed E-state index contributed by atoms with van der Waals surface area (Å²) in [4.78, 5) is 27.4. The number of ether oxygens (including phenoxy) is 2. The van der Waals surface area contributed by atoms with Gasteiger partial charge in [0.2, 0.25) is 0 Å². The molecule has 9 heteroatoms. The first-order valence-electron chi connectivity index (χ1n) is 10.7. The number of hydrogen-bond donors (Lipinski definition) is 1. The van der Waals surface area contributed by atoms with Gasteiger partial charge in [-0.3, -0.25) is 0 Å². The monoisotopic (exact) mass is 448 g/mol. The topological polar surface area (TPSA) is 97.0 Å². The van der Waals surface area contributed by atoms with Gasteiger partial charge in [0.25, 0.3) is 0 Å². The normalized spacial score (nSPS) is 13.5. The van der Waals surface area contributed by atoms with Crippen LogP contribution in [-0.4, -0.2) is 63.4 Å². The molecule has 0 atom stereocenters. The van der Waals surface area contributed by atoms with Crippen LogP contribution in [0.15, 0.2) is 54.9 Å². The Bertz CT molecular complexity index is 1110. The molecule has 1 fully saturated rings. The van der Waals surface area contributed by atoms with Crippen molar-refractivity contribution in [3.63, 3.8) is 0 Å². The maximum absolute atomic E-state index is 12.2. The Hall–Kier alpha value is -4.01. The lowest BCUT2D eigenvalue weighted by Crippen LogP contribution is -2.47. The van der Waals surface area contributed by atoms with Crippen molar-refractivity contribution in [3.05, 3.63) is 60.4 Å². The van der Waals surface area contributed by atoms with E-state index in [-0.39, 0.29) is 0 Å². The summed E-state index contributed by atoms with van der Waals surface area (Å²) in [6, 6.07) is 15.3. The van der Waals surface area contributed by atoms with Crippen LogP contribution in [0.3, 0.4) is 0 Å². The summed E-state index contributed by atoms with van der Waals surface area (Å²) in [5.74, 6) is 1.65. The summed E-state index contributed by atoms with van der Waals surface area (Å²) in [5, 5.41) is 0. The molecule has 172 valence electrons. The second-order valence-corrected chi connectivity index (χ2v) is 7.67. The number of methoxy groups -OCH3 is 2. The lowest BCUT2D eigenvalue weighted by atomic mass is 10.1. The molecule has 0 radical (unpaired) electrons. The van der Waals surface area contributed by atoms with Gasteiger partial charge in [-0.2, -0.15) is 0 Å². The van der Waals surface area contributed by atoms with Crippen LogP contribution in [0.5, 0.6) is 5.75 Å². The minimum absolute atomic E-state index is 0.417. The van der Waals surface area contributed by atoms with E-state index in [0.717, 1.165) is 37.6 Å². The van der Waals surface area contributed by atoms with Gasteiger partial charge in [-0.05, 0) is 36.4 Å². The first-order chi connectivity index (χ1) is 16.0. The van der Waals surface area contributed by atoms with Crippen molar-refractivity contribution >= 4 is 34.7 Å². The lowest BCUT2D eigenvalue weighted by Gasteiger charge is -2.37. The number of nitrogen functional groups attached to an aromatic ring is 1. The van der Waals surface area contributed by atoms with Crippen LogP contribution in [-0.2, 0) is 4.74 Å². The minimum Gasteiger partial charge on any atom is -0.497 e. The number of aromatic nitrogens is 2. The van der Waals surface area contributed by atoms with E-state index in [4.69, 9.17) is 15.2 Å². The Balaban J connectivity index is 1.53. The van der Waals surface area contributed by atoms with Crippen LogP contribution in [0.2, 0.25) is 0 Å². The third kappa shape index (κ3) is 4.48. The Labute approximate surface area is 193 Å². The molecule has 1 saturated heterocycles. The average Bonchev–Trinajstić information content (AvgIpc) is 2.88. The predicted molar refractivity (Wildman–Crippen MR) is 130 cm³/mol. The van der Waals surface area contributed by atoms with Crippen LogP contribution < -0.4 is 25.2 Å². The summed E-state index contributed by atoms with van der Waals surface area (Å²) in [7, 11) is 4.85. The van der Waals surface area contributed by atoms with Crippen molar-refractivity contribution in [2.75, 3.05) is 67.9 Å². The molecule has 0 spiro atoms. The number of para-hydroxylation sites is 1. The standard InChI is InChI=1S/C24H28N6O3/c1-28(20-7-5-4-6-19(20)24(31)33-3)22-21(25)23(27-16-26-22)30-14-12-29(13-15-30)17-8-10-18(32-2)11-9-17/h4-11,16H,12-15,25H2,1-3H3. The molecule has 1 aromatic heterocycles. The Morgan fingerprint density at radius 1 is 0.970 bits per heavy atom. The molecule has 0 saturated carbocycles. The fraction of sp³-hybridized carbons (Fsp3) is 0.292. The summed E-state index contributed by atoms with van der Waals surface area (Å²) < 4.78 is 10.2. The highest BCUT2D eigenvalue weighted by molar-refractivity contribution is 5.97. The SMILES string of the molecule is COC(=O)c1ccccc1N(C)c1ncnc(N2CCN(c3ccc(OC)cc3)CC2)c1N. The zero-order chi connectivity index (χ0) is 23.4. The highest BCUT2D eigenvalue weighted by Crippen LogP contribution is 2.34. The molecule has 2 N–H and O–H groups in total. The van der Waals surface area contributed by atoms with Gasteiger partial charge in [-0.1, -0.05) is 12.1 Å². The molecule has 3 aromatic rings. The van der Waals surface area contributed by atoms with Crippen molar-refractivity contribution in [2.24, 2.45) is 0 Å². The number of carbonyl (C=O) groups is 1. The fourth-order valence-corrected chi connectivity index (χ4v) is 4.03. The number of nitrogens with two attached hydrogens (primary N) is 1. The van der Waals surface area contributed by atoms with Crippen molar-refractivity contribution < 1.29 is 14.3 Å². The van der Waals surface area contributed by atoms with Gasteiger partial charge in [0, 0.05) is 38.9 Å².